The number of hydrogen-bond acceptors (Lipinski definition) is 6. The highest BCUT2D eigenvalue weighted by Gasteiger charge is 2.24. The number of benzene rings is 1. The Bertz CT molecular complexity index is 695. The van der Waals surface area contributed by atoms with Crippen LogP contribution in [0, 0.1) is 0 Å². The van der Waals surface area contributed by atoms with Crippen LogP contribution < -0.4 is 10.1 Å². The first-order chi connectivity index (χ1) is 11.2. The number of para-hydroxylation sites is 1. The van der Waals surface area contributed by atoms with Crippen LogP contribution in [0.5, 0.6) is 5.75 Å². The van der Waals surface area contributed by atoms with Gasteiger partial charge in [-0.1, -0.05) is 23.4 Å². The van der Waals surface area contributed by atoms with Crippen LogP contribution in [0.4, 0.5) is 0 Å². The van der Waals surface area contributed by atoms with Crippen molar-refractivity contribution in [1.82, 2.24) is 20.4 Å². The topological polar surface area (TPSA) is 63.4 Å². The second-order valence-corrected chi connectivity index (χ2v) is 5.72. The standard InChI is InChI=1S/C17H22N4O2/c1-12(13-6-4-5-7-15(13)22-3)10-16-19-17(20-23-16)14-11-18-8-9-21(14)2/h4-7,10,14,18H,8-9,11H2,1-3H3/b12-10+. The monoisotopic (exact) mass is 314 g/mol. The Balaban J connectivity index is 1.82. The first kappa shape index (κ1) is 15.7. The first-order valence-electron chi connectivity index (χ1n) is 7.75. The number of ether oxygens (including phenoxy) is 1. The van der Waals surface area contributed by atoms with Crippen LogP contribution in [-0.2, 0) is 0 Å². The van der Waals surface area contributed by atoms with E-state index in [1.54, 1.807) is 7.11 Å². The van der Waals surface area contributed by atoms with E-state index in [9.17, 15) is 0 Å². The Kier molecular flexibility index (Phi) is 4.73. The maximum atomic E-state index is 5.40. The van der Waals surface area contributed by atoms with Crippen molar-refractivity contribution in [2.45, 2.75) is 13.0 Å². The van der Waals surface area contributed by atoms with Crippen LogP contribution in [0.25, 0.3) is 11.6 Å². The molecule has 1 fully saturated rings. The summed E-state index contributed by atoms with van der Waals surface area (Å²) in [5, 5.41) is 7.50. The molecule has 0 radical (unpaired) electrons. The van der Waals surface area contributed by atoms with E-state index in [2.05, 4.69) is 27.4 Å². The third-order valence-corrected chi connectivity index (χ3v) is 4.14. The molecule has 1 N–H and O–H groups in total. The van der Waals surface area contributed by atoms with E-state index in [1.165, 1.54) is 0 Å². The predicted molar refractivity (Wildman–Crippen MR) is 89.1 cm³/mol. The summed E-state index contributed by atoms with van der Waals surface area (Å²) in [6.07, 6.45) is 1.89. The molecule has 6 heteroatoms. The average molecular weight is 314 g/mol. The van der Waals surface area contributed by atoms with Gasteiger partial charge in [-0.2, -0.15) is 4.98 Å². The lowest BCUT2D eigenvalue weighted by atomic mass is 10.1. The number of nitrogens with zero attached hydrogens (tertiary/aromatic N) is 3. The number of hydrogen-bond donors (Lipinski definition) is 1. The number of piperazine rings is 1. The van der Waals surface area contributed by atoms with Gasteiger partial charge >= 0.3 is 0 Å². The van der Waals surface area contributed by atoms with E-state index in [0.29, 0.717) is 5.89 Å². The van der Waals surface area contributed by atoms with Crippen molar-refractivity contribution in [3.63, 3.8) is 0 Å². The van der Waals surface area contributed by atoms with Gasteiger partial charge in [0.1, 0.15) is 5.75 Å². The third kappa shape index (κ3) is 3.43. The van der Waals surface area contributed by atoms with Gasteiger partial charge < -0.3 is 14.6 Å². The molecule has 1 atom stereocenters. The molecule has 23 heavy (non-hydrogen) atoms. The molecular formula is C17H22N4O2. The molecule has 1 aromatic heterocycles. The fraction of sp³-hybridized carbons (Fsp3) is 0.412. The van der Waals surface area contributed by atoms with Crippen molar-refractivity contribution in [3.05, 3.63) is 41.5 Å². The van der Waals surface area contributed by atoms with Crippen molar-refractivity contribution in [2.75, 3.05) is 33.8 Å². The molecule has 1 aliphatic heterocycles. The van der Waals surface area contributed by atoms with Gasteiger partial charge in [-0.05, 0) is 25.6 Å². The Morgan fingerprint density at radius 1 is 1.43 bits per heavy atom. The zero-order chi connectivity index (χ0) is 16.2. The van der Waals surface area contributed by atoms with Crippen molar-refractivity contribution < 1.29 is 9.26 Å². The van der Waals surface area contributed by atoms with E-state index < -0.39 is 0 Å². The lowest BCUT2D eigenvalue weighted by Crippen LogP contribution is -2.44. The summed E-state index contributed by atoms with van der Waals surface area (Å²) >= 11 is 0. The van der Waals surface area contributed by atoms with Crippen molar-refractivity contribution in [3.8, 4) is 5.75 Å². The highest BCUT2D eigenvalue weighted by Crippen LogP contribution is 2.27. The molecule has 1 saturated heterocycles. The molecule has 122 valence electrons. The van der Waals surface area contributed by atoms with Crippen molar-refractivity contribution in [1.29, 1.82) is 0 Å². The molecule has 0 aliphatic carbocycles. The maximum absolute atomic E-state index is 5.40. The normalized spacial score (nSPS) is 19.8. The maximum Gasteiger partial charge on any atom is 0.250 e. The summed E-state index contributed by atoms with van der Waals surface area (Å²) < 4.78 is 10.8. The number of allylic oxidation sites excluding steroid dienone is 1. The van der Waals surface area contributed by atoms with E-state index in [-0.39, 0.29) is 6.04 Å². The zero-order valence-electron chi connectivity index (χ0n) is 13.7. The minimum absolute atomic E-state index is 0.154. The molecule has 6 nitrogen and oxygen atoms in total. The molecule has 1 aliphatic rings. The highest BCUT2D eigenvalue weighted by molar-refractivity contribution is 5.80. The molecule has 0 spiro atoms. The molecule has 1 aromatic carbocycles. The molecule has 3 rings (SSSR count). The lowest BCUT2D eigenvalue weighted by molar-refractivity contribution is 0.190. The fourth-order valence-electron chi connectivity index (χ4n) is 2.77. The molecule has 2 aromatic rings. The van der Waals surface area contributed by atoms with Gasteiger partial charge in [0, 0.05) is 31.3 Å². The lowest BCUT2D eigenvalue weighted by Gasteiger charge is -2.30. The van der Waals surface area contributed by atoms with Gasteiger partial charge in [-0.15, -0.1) is 0 Å². The Morgan fingerprint density at radius 2 is 2.26 bits per heavy atom. The van der Waals surface area contributed by atoms with E-state index >= 15 is 0 Å². The Morgan fingerprint density at radius 3 is 3.04 bits per heavy atom. The first-order valence-corrected chi connectivity index (χ1v) is 7.75. The molecule has 0 amide bonds. The molecular weight excluding hydrogens is 292 g/mol. The molecule has 2 heterocycles. The second kappa shape index (κ2) is 6.93. The van der Waals surface area contributed by atoms with Crippen LogP contribution in [0.1, 0.15) is 30.2 Å². The molecule has 1 unspecified atom stereocenters. The van der Waals surface area contributed by atoms with E-state index in [1.807, 2.05) is 37.3 Å². The summed E-state index contributed by atoms with van der Waals surface area (Å²) in [5.74, 6) is 2.07. The smallest absolute Gasteiger partial charge is 0.250 e. The quantitative estimate of drug-likeness (QED) is 0.933. The van der Waals surface area contributed by atoms with E-state index in [4.69, 9.17) is 9.26 Å². The minimum Gasteiger partial charge on any atom is -0.496 e. The van der Waals surface area contributed by atoms with E-state index in [0.717, 1.165) is 42.3 Å². The second-order valence-electron chi connectivity index (χ2n) is 5.72. The van der Waals surface area contributed by atoms with Crippen molar-refractivity contribution in [2.24, 2.45) is 0 Å². The number of methoxy groups -OCH3 is 1. The van der Waals surface area contributed by atoms with Gasteiger partial charge in [0.25, 0.3) is 5.89 Å². The van der Waals surface area contributed by atoms with Gasteiger partial charge in [-0.25, -0.2) is 0 Å². The van der Waals surface area contributed by atoms with Gasteiger partial charge in [0.15, 0.2) is 5.82 Å². The Labute approximate surface area is 136 Å². The largest absolute Gasteiger partial charge is 0.496 e. The SMILES string of the molecule is COc1ccccc1/C(C)=C/c1nc(C2CNCCN2C)no1. The van der Waals surface area contributed by atoms with Crippen molar-refractivity contribution >= 4 is 11.6 Å². The highest BCUT2D eigenvalue weighted by atomic mass is 16.5. The summed E-state index contributed by atoms with van der Waals surface area (Å²) in [5.41, 5.74) is 2.04. The van der Waals surface area contributed by atoms with Gasteiger partial charge in [0.2, 0.25) is 0 Å². The summed E-state index contributed by atoms with van der Waals surface area (Å²) in [6.45, 7) is 4.82. The number of aromatic nitrogens is 2. The predicted octanol–water partition coefficient (Wildman–Crippen LogP) is 2.21. The van der Waals surface area contributed by atoms with Crippen LogP contribution >= 0.6 is 0 Å². The molecule has 0 bridgehead atoms. The number of likely N-dealkylation sites (N-methyl/N-ethyl adjacent to an activating group) is 1. The van der Waals surface area contributed by atoms with Crippen LogP contribution in [0.15, 0.2) is 28.8 Å². The fourth-order valence-corrected chi connectivity index (χ4v) is 2.77. The van der Waals surface area contributed by atoms with Crippen LogP contribution in [0.2, 0.25) is 0 Å². The molecule has 0 saturated carbocycles. The van der Waals surface area contributed by atoms with Crippen LogP contribution in [0.3, 0.4) is 0 Å². The number of nitrogens with one attached hydrogen (secondary N) is 1. The summed E-state index contributed by atoms with van der Waals surface area (Å²) in [4.78, 5) is 6.77. The number of rotatable bonds is 4. The van der Waals surface area contributed by atoms with Gasteiger partial charge in [0.05, 0.1) is 13.2 Å². The van der Waals surface area contributed by atoms with Gasteiger partial charge in [-0.3, -0.25) is 4.90 Å². The summed E-state index contributed by atoms with van der Waals surface area (Å²) in [7, 11) is 3.75. The Hall–Kier alpha value is -2.18. The average Bonchev–Trinajstić information content (AvgIpc) is 3.03. The van der Waals surface area contributed by atoms with Crippen LogP contribution in [-0.4, -0.2) is 48.8 Å². The summed E-state index contributed by atoms with van der Waals surface area (Å²) in [6, 6.07) is 8.04. The third-order valence-electron chi connectivity index (χ3n) is 4.14. The minimum atomic E-state index is 0.154. The zero-order valence-corrected chi connectivity index (χ0v) is 13.7.